The van der Waals surface area contributed by atoms with Crippen LogP contribution in [0.1, 0.15) is 16.2 Å². The summed E-state index contributed by atoms with van der Waals surface area (Å²) in [5, 5.41) is 6.94. The van der Waals surface area contributed by atoms with Gasteiger partial charge in [-0.05, 0) is 24.3 Å². The SMILES string of the molecule is CS(=O)(=O)c1ccc(C(=O)Nc2n[nH]c(C(F)(F)F)n2)cc1. The van der Waals surface area contributed by atoms with Crippen molar-refractivity contribution in [1.29, 1.82) is 0 Å². The molecule has 2 rings (SSSR count). The minimum absolute atomic E-state index is 0.0151. The van der Waals surface area contributed by atoms with Crippen molar-refractivity contribution in [2.24, 2.45) is 0 Å². The molecular weight excluding hydrogens is 325 g/mol. The molecule has 118 valence electrons. The fourth-order valence-electron chi connectivity index (χ4n) is 1.47. The Bertz CT molecular complexity index is 797. The van der Waals surface area contributed by atoms with Gasteiger partial charge in [0.2, 0.25) is 11.8 Å². The fraction of sp³-hybridized carbons (Fsp3) is 0.182. The van der Waals surface area contributed by atoms with Gasteiger partial charge in [-0.2, -0.15) is 18.2 Å². The highest BCUT2D eigenvalue weighted by Gasteiger charge is 2.35. The van der Waals surface area contributed by atoms with Crippen molar-refractivity contribution in [3.8, 4) is 0 Å². The number of nitrogens with zero attached hydrogens (tertiary/aromatic N) is 2. The van der Waals surface area contributed by atoms with Gasteiger partial charge in [-0.15, -0.1) is 5.10 Å². The molecule has 0 radical (unpaired) electrons. The van der Waals surface area contributed by atoms with Crippen LogP contribution in [-0.4, -0.2) is 35.8 Å². The van der Waals surface area contributed by atoms with Crippen molar-refractivity contribution >= 4 is 21.7 Å². The largest absolute Gasteiger partial charge is 0.451 e. The average Bonchev–Trinajstić information content (AvgIpc) is 2.86. The van der Waals surface area contributed by atoms with Crippen LogP contribution >= 0.6 is 0 Å². The van der Waals surface area contributed by atoms with E-state index in [1.165, 1.54) is 24.3 Å². The molecule has 0 unspecified atom stereocenters. The quantitative estimate of drug-likeness (QED) is 0.884. The number of carbonyl (C=O) groups excluding carboxylic acids is 1. The number of rotatable bonds is 3. The molecule has 2 N–H and O–H groups in total. The molecule has 0 aliphatic rings. The lowest BCUT2D eigenvalue weighted by Gasteiger charge is -2.02. The second-order valence-corrected chi connectivity index (χ2v) is 6.27. The Morgan fingerprint density at radius 2 is 1.82 bits per heavy atom. The van der Waals surface area contributed by atoms with Crippen LogP contribution in [0.5, 0.6) is 0 Å². The van der Waals surface area contributed by atoms with Crippen molar-refractivity contribution < 1.29 is 26.4 Å². The first-order chi connectivity index (χ1) is 10.1. The van der Waals surface area contributed by atoms with Gasteiger partial charge in [0.25, 0.3) is 5.91 Å². The zero-order valence-corrected chi connectivity index (χ0v) is 11.8. The lowest BCUT2D eigenvalue weighted by molar-refractivity contribution is -0.144. The number of aromatic nitrogens is 3. The minimum atomic E-state index is -4.70. The third-order valence-electron chi connectivity index (χ3n) is 2.52. The molecule has 0 fully saturated rings. The van der Waals surface area contributed by atoms with E-state index in [0.717, 1.165) is 6.26 Å². The van der Waals surface area contributed by atoms with Crippen molar-refractivity contribution in [1.82, 2.24) is 15.2 Å². The normalized spacial score (nSPS) is 12.2. The van der Waals surface area contributed by atoms with Gasteiger partial charge in [-0.3, -0.25) is 15.2 Å². The molecule has 22 heavy (non-hydrogen) atoms. The number of aromatic amines is 1. The third-order valence-corrected chi connectivity index (χ3v) is 3.65. The highest BCUT2D eigenvalue weighted by molar-refractivity contribution is 7.90. The van der Waals surface area contributed by atoms with E-state index in [1.807, 2.05) is 0 Å². The summed E-state index contributed by atoms with van der Waals surface area (Å²) in [6, 6.07) is 4.87. The lowest BCUT2D eigenvalue weighted by Crippen LogP contribution is -2.13. The summed E-state index contributed by atoms with van der Waals surface area (Å²) in [5.74, 6) is -2.65. The number of hydrogen-bond donors (Lipinski definition) is 2. The minimum Gasteiger partial charge on any atom is -0.289 e. The number of sulfone groups is 1. The van der Waals surface area contributed by atoms with Crippen LogP contribution in [0.15, 0.2) is 29.2 Å². The summed E-state index contributed by atoms with van der Waals surface area (Å²) in [6.07, 6.45) is -3.69. The first-order valence-electron chi connectivity index (χ1n) is 5.68. The molecular formula is C11H9F3N4O3S. The van der Waals surface area contributed by atoms with Gasteiger partial charge in [0, 0.05) is 11.8 Å². The maximum atomic E-state index is 12.3. The number of hydrogen-bond acceptors (Lipinski definition) is 5. The van der Waals surface area contributed by atoms with Gasteiger partial charge in [-0.1, -0.05) is 0 Å². The summed E-state index contributed by atoms with van der Waals surface area (Å²) in [7, 11) is -3.40. The Balaban J connectivity index is 2.14. The number of amides is 1. The number of halogens is 3. The van der Waals surface area contributed by atoms with E-state index >= 15 is 0 Å². The second kappa shape index (κ2) is 5.40. The van der Waals surface area contributed by atoms with Gasteiger partial charge in [-0.25, -0.2) is 8.42 Å². The van der Waals surface area contributed by atoms with Gasteiger partial charge in [0.1, 0.15) is 0 Å². The van der Waals surface area contributed by atoms with E-state index in [0.29, 0.717) is 0 Å². The molecule has 1 heterocycles. The molecule has 0 aliphatic heterocycles. The van der Waals surface area contributed by atoms with Crippen LogP contribution in [0.25, 0.3) is 0 Å². The molecule has 1 aromatic carbocycles. The van der Waals surface area contributed by atoms with E-state index < -0.39 is 33.7 Å². The standard InChI is InChI=1S/C11H9F3N4O3S/c1-22(20,21)7-4-2-6(3-5-7)8(19)15-10-16-9(17-18-10)11(12,13)14/h2-5H,1H3,(H2,15,16,17,18,19). The maximum Gasteiger partial charge on any atom is 0.451 e. The number of nitrogens with one attached hydrogen (secondary N) is 2. The summed E-state index contributed by atoms with van der Waals surface area (Å²) >= 11 is 0. The molecule has 1 aromatic heterocycles. The number of anilines is 1. The van der Waals surface area contributed by atoms with Crippen LogP contribution in [0.2, 0.25) is 0 Å². The van der Waals surface area contributed by atoms with Gasteiger partial charge in [0.15, 0.2) is 9.84 Å². The molecule has 0 atom stereocenters. The summed E-state index contributed by atoms with van der Waals surface area (Å²) in [5.41, 5.74) is 0.0470. The first-order valence-corrected chi connectivity index (χ1v) is 7.57. The molecule has 7 nitrogen and oxygen atoms in total. The molecule has 1 amide bonds. The third kappa shape index (κ3) is 3.61. The number of alkyl halides is 3. The Hall–Kier alpha value is -2.43. The van der Waals surface area contributed by atoms with Crippen LogP contribution in [0.3, 0.4) is 0 Å². The van der Waals surface area contributed by atoms with Gasteiger partial charge in [0.05, 0.1) is 4.90 Å². The van der Waals surface area contributed by atoms with Gasteiger partial charge >= 0.3 is 6.18 Å². The molecule has 0 aliphatic carbocycles. The van der Waals surface area contributed by atoms with Gasteiger partial charge < -0.3 is 0 Å². The van der Waals surface area contributed by atoms with Crippen molar-refractivity contribution in [2.45, 2.75) is 11.1 Å². The van der Waals surface area contributed by atoms with Crippen LogP contribution in [-0.2, 0) is 16.0 Å². The predicted molar refractivity (Wildman–Crippen MR) is 68.9 cm³/mol. The number of carbonyl (C=O) groups is 1. The maximum absolute atomic E-state index is 12.3. The van der Waals surface area contributed by atoms with E-state index in [1.54, 1.807) is 5.10 Å². The van der Waals surface area contributed by atoms with E-state index in [9.17, 15) is 26.4 Å². The zero-order chi connectivity index (χ0) is 16.5. The molecule has 0 saturated carbocycles. The first kappa shape index (κ1) is 15.9. The number of H-pyrrole nitrogens is 1. The fourth-order valence-corrected chi connectivity index (χ4v) is 2.10. The van der Waals surface area contributed by atoms with E-state index in [4.69, 9.17) is 0 Å². The van der Waals surface area contributed by atoms with Crippen molar-refractivity contribution in [3.05, 3.63) is 35.7 Å². The Kier molecular flexibility index (Phi) is 3.92. The Morgan fingerprint density at radius 1 is 1.23 bits per heavy atom. The van der Waals surface area contributed by atoms with Crippen molar-refractivity contribution in [2.75, 3.05) is 11.6 Å². The average molecular weight is 334 g/mol. The van der Waals surface area contributed by atoms with Crippen LogP contribution < -0.4 is 5.32 Å². The highest BCUT2D eigenvalue weighted by Crippen LogP contribution is 2.26. The van der Waals surface area contributed by atoms with Crippen molar-refractivity contribution in [3.63, 3.8) is 0 Å². The number of benzene rings is 1. The smallest absolute Gasteiger partial charge is 0.289 e. The van der Waals surface area contributed by atoms with E-state index in [2.05, 4.69) is 15.4 Å². The topological polar surface area (TPSA) is 105 Å². The molecule has 2 aromatic rings. The summed E-state index contributed by atoms with van der Waals surface area (Å²) < 4.78 is 59.5. The second-order valence-electron chi connectivity index (χ2n) is 4.26. The Morgan fingerprint density at radius 3 is 2.27 bits per heavy atom. The van der Waals surface area contributed by atoms with Crippen LogP contribution in [0.4, 0.5) is 19.1 Å². The van der Waals surface area contributed by atoms with E-state index in [-0.39, 0.29) is 10.5 Å². The monoisotopic (exact) mass is 334 g/mol. The highest BCUT2D eigenvalue weighted by atomic mass is 32.2. The zero-order valence-electron chi connectivity index (χ0n) is 11.0. The summed E-state index contributed by atoms with van der Waals surface area (Å²) in [4.78, 5) is 14.9. The molecule has 0 bridgehead atoms. The predicted octanol–water partition coefficient (Wildman–Crippen LogP) is 1.48. The van der Waals surface area contributed by atoms with Crippen LogP contribution in [0, 0.1) is 0 Å². The molecule has 0 spiro atoms. The summed E-state index contributed by atoms with van der Waals surface area (Å²) in [6.45, 7) is 0. The molecule has 11 heteroatoms. The Labute approximate surface area is 122 Å². The lowest BCUT2D eigenvalue weighted by atomic mass is 10.2. The molecule has 0 saturated heterocycles.